The van der Waals surface area contributed by atoms with Gasteiger partial charge in [0, 0.05) is 6.42 Å². The number of hydrogen-bond donors (Lipinski definition) is 1. The van der Waals surface area contributed by atoms with Crippen molar-refractivity contribution >= 4 is 0 Å². The summed E-state index contributed by atoms with van der Waals surface area (Å²) in [7, 11) is 0. The first-order valence-electron chi connectivity index (χ1n) is 4.60. The fourth-order valence-corrected chi connectivity index (χ4v) is 1.32. The van der Waals surface area contributed by atoms with Crippen LogP contribution in [0.4, 0.5) is 0 Å². The maximum atomic E-state index is 9.36. The van der Waals surface area contributed by atoms with Crippen LogP contribution < -0.4 is 0 Å². The third-order valence-corrected chi connectivity index (χ3v) is 2.08. The number of rotatable bonds is 4. The Kier molecular flexibility index (Phi) is 3.07. The van der Waals surface area contributed by atoms with Gasteiger partial charge in [0.15, 0.2) is 6.29 Å². The second kappa shape index (κ2) is 4.50. The third kappa shape index (κ3) is 2.28. The minimum atomic E-state index is -0.495. The van der Waals surface area contributed by atoms with E-state index in [1.165, 1.54) is 6.33 Å². The lowest BCUT2D eigenvalue weighted by Gasteiger charge is -2.14. The van der Waals surface area contributed by atoms with E-state index in [9.17, 15) is 5.11 Å². The molecule has 0 saturated carbocycles. The molecular weight excluding hydrogens is 186 g/mol. The highest BCUT2D eigenvalue weighted by atomic mass is 16.7. The van der Waals surface area contributed by atoms with E-state index in [2.05, 4.69) is 10.1 Å². The van der Waals surface area contributed by atoms with Crippen LogP contribution in [0.15, 0.2) is 12.7 Å². The van der Waals surface area contributed by atoms with Gasteiger partial charge in [-0.3, -0.25) is 4.68 Å². The van der Waals surface area contributed by atoms with Gasteiger partial charge < -0.3 is 14.6 Å². The number of hydrogen-bond acceptors (Lipinski definition) is 5. The number of aliphatic hydroxyl groups is 1. The molecule has 1 fully saturated rings. The molecule has 1 aromatic rings. The Labute approximate surface area is 81.5 Å². The summed E-state index contributed by atoms with van der Waals surface area (Å²) in [5.74, 6) is 0. The van der Waals surface area contributed by atoms with Crippen LogP contribution in [0, 0.1) is 0 Å². The summed E-state index contributed by atoms with van der Waals surface area (Å²) in [6.45, 7) is 1.65. The van der Waals surface area contributed by atoms with Gasteiger partial charge in [0.05, 0.1) is 19.8 Å². The Morgan fingerprint density at radius 1 is 1.64 bits per heavy atom. The van der Waals surface area contributed by atoms with Crippen molar-refractivity contribution in [3.63, 3.8) is 0 Å². The lowest BCUT2D eigenvalue weighted by atomic mass is 10.3. The van der Waals surface area contributed by atoms with E-state index in [0.29, 0.717) is 26.2 Å². The summed E-state index contributed by atoms with van der Waals surface area (Å²) in [5.41, 5.74) is 0. The molecule has 6 heteroatoms. The van der Waals surface area contributed by atoms with E-state index >= 15 is 0 Å². The van der Waals surface area contributed by atoms with Gasteiger partial charge in [0.1, 0.15) is 18.8 Å². The van der Waals surface area contributed by atoms with Crippen LogP contribution in [-0.4, -0.2) is 45.5 Å². The van der Waals surface area contributed by atoms with Crippen molar-refractivity contribution in [2.45, 2.75) is 25.4 Å². The average molecular weight is 199 g/mol. The number of nitrogens with zero attached hydrogens (tertiary/aromatic N) is 3. The molecule has 2 heterocycles. The summed E-state index contributed by atoms with van der Waals surface area (Å²) in [4.78, 5) is 3.80. The van der Waals surface area contributed by atoms with E-state index in [-0.39, 0.29) is 0 Å². The van der Waals surface area contributed by atoms with Crippen LogP contribution in [0.3, 0.4) is 0 Å². The van der Waals surface area contributed by atoms with Gasteiger partial charge >= 0.3 is 0 Å². The van der Waals surface area contributed by atoms with Crippen LogP contribution in [0.25, 0.3) is 0 Å². The monoisotopic (exact) mass is 199 g/mol. The number of aliphatic hydroxyl groups excluding tert-OH is 1. The molecule has 78 valence electrons. The standard InChI is InChI=1S/C8H13N3O3/c12-7-1-3-13-8(7)14-4-2-11-6-9-5-10-11/h5-8,12H,1-4H2. The van der Waals surface area contributed by atoms with E-state index in [4.69, 9.17) is 9.47 Å². The fraction of sp³-hybridized carbons (Fsp3) is 0.750. The normalized spacial score (nSPS) is 26.9. The average Bonchev–Trinajstić information content (AvgIpc) is 2.78. The lowest BCUT2D eigenvalue weighted by Crippen LogP contribution is -2.25. The molecule has 0 amide bonds. The van der Waals surface area contributed by atoms with Gasteiger partial charge in [-0.15, -0.1) is 0 Å². The third-order valence-electron chi connectivity index (χ3n) is 2.08. The Morgan fingerprint density at radius 2 is 2.57 bits per heavy atom. The van der Waals surface area contributed by atoms with Crippen molar-refractivity contribution in [3.8, 4) is 0 Å². The van der Waals surface area contributed by atoms with E-state index in [0.717, 1.165) is 0 Å². The molecule has 1 saturated heterocycles. The summed E-state index contributed by atoms with van der Waals surface area (Å²) in [5, 5.41) is 13.3. The van der Waals surface area contributed by atoms with E-state index < -0.39 is 12.4 Å². The van der Waals surface area contributed by atoms with Crippen LogP contribution >= 0.6 is 0 Å². The zero-order chi connectivity index (χ0) is 9.80. The Bertz CT molecular complexity index is 265. The molecule has 2 unspecified atom stereocenters. The minimum absolute atomic E-state index is 0.463. The molecule has 6 nitrogen and oxygen atoms in total. The highest BCUT2D eigenvalue weighted by Crippen LogP contribution is 2.13. The summed E-state index contributed by atoms with van der Waals surface area (Å²) in [6, 6.07) is 0. The molecule has 2 atom stereocenters. The van der Waals surface area contributed by atoms with Crippen molar-refractivity contribution in [1.29, 1.82) is 0 Å². The molecule has 2 rings (SSSR count). The Hall–Kier alpha value is -0.980. The van der Waals surface area contributed by atoms with Gasteiger partial charge in [-0.25, -0.2) is 4.98 Å². The SMILES string of the molecule is OC1CCOC1OCCn1cncn1. The number of ether oxygens (including phenoxy) is 2. The van der Waals surface area contributed by atoms with Crippen molar-refractivity contribution in [2.75, 3.05) is 13.2 Å². The zero-order valence-corrected chi connectivity index (χ0v) is 7.74. The maximum absolute atomic E-state index is 9.36. The molecule has 0 bridgehead atoms. The molecule has 14 heavy (non-hydrogen) atoms. The first kappa shape index (κ1) is 9.57. The first-order chi connectivity index (χ1) is 6.86. The Morgan fingerprint density at radius 3 is 3.21 bits per heavy atom. The highest BCUT2D eigenvalue weighted by Gasteiger charge is 2.26. The summed E-state index contributed by atoms with van der Waals surface area (Å²) >= 11 is 0. The molecule has 0 radical (unpaired) electrons. The van der Waals surface area contributed by atoms with Crippen molar-refractivity contribution < 1.29 is 14.6 Å². The minimum Gasteiger partial charge on any atom is -0.388 e. The van der Waals surface area contributed by atoms with Crippen LogP contribution in [0.5, 0.6) is 0 Å². The molecular formula is C8H13N3O3. The summed E-state index contributed by atoms with van der Waals surface area (Å²) in [6.07, 6.45) is 2.77. The van der Waals surface area contributed by atoms with Crippen LogP contribution in [0.1, 0.15) is 6.42 Å². The quantitative estimate of drug-likeness (QED) is 0.701. The van der Waals surface area contributed by atoms with Gasteiger partial charge in [0.25, 0.3) is 0 Å². The second-order valence-corrected chi connectivity index (χ2v) is 3.12. The predicted octanol–water partition coefficient (Wildman–Crippen LogP) is -0.598. The van der Waals surface area contributed by atoms with Crippen molar-refractivity contribution in [2.24, 2.45) is 0 Å². The van der Waals surface area contributed by atoms with Crippen LogP contribution in [0.2, 0.25) is 0 Å². The van der Waals surface area contributed by atoms with Gasteiger partial charge in [0.2, 0.25) is 0 Å². The van der Waals surface area contributed by atoms with E-state index in [1.54, 1.807) is 11.0 Å². The molecule has 0 aromatic carbocycles. The molecule has 0 aliphatic carbocycles. The predicted molar refractivity (Wildman–Crippen MR) is 46.3 cm³/mol. The van der Waals surface area contributed by atoms with Crippen LogP contribution in [-0.2, 0) is 16.0 Å². The van der Waals surface area contributed by atoms with Gasteiger partial charge in [-0.05, 0) is 0 Å². The molecule has 1 aromatic heterocycles. The van der Waals surface area contributed by atoms with Crippen molar-refractivity contribution in [1.82, 2.24) is 14.8 Å². The van der Waals surface area contributed by atoms with Gasteiger partial charge in [-0.1, -0.05) is 0 Å². The zero-order valence-electron chi connectivity index (χ0n) is 7.74. The largest absolute Gasteiger partial charge is 0.388 e. The van der Waals surface area contributed by atoms with Crippen molar-refractivity contribution in [3.05, 3.63) is 12.7 Å². The molecule has 1 aliphatic heterocycles. The molecule has 1 aliphatic rings. The smallest absolute Gasteiger partial charge is 0.183 e. The van der Waals surface area contributed by atoms with Gasteiger partial charge in [-0.2, -0.15) is 5.10 Å². The fourth-order valence-electron chi connectivity index (χ4n) is 1.32. The first-order valence-corrected chi connectivity index (χ1v) is 4.60. The summed E-state index contributed by atoms with van der Waals surface area (Å²) < 4.78 is 12.2. The number of aromatic nitrogens is 3. The Balaban J connectivity index is 1.68. The lowest BCUT2D eigenvalue weighted by molar-refractivity contribution is -0.151. The van der Waals surface area contributed by atoms with E-state index in [1.807, 2.05) is 0 Å². The highest BCUT2D eigenvalue weighted by molar-refractivity contribution is 4.67. The maximum Gasteiger partial charge on any atom is 0.183 e. The molecule has 0 spiro atoms. The topological polar surface area (TPSA) is 69.4 Å². The second-order valence-electron chi connectivity index (χ2n) is 3.12. The molecule has 1 N–H and O–H groups in total.